The summed E-state index contributed by atoms with van der Waals surface area (Å²) in [4.78, 5) is 7.30. The number of aromatic nitrogens is 1. The van der Waals surface area contributed by atoms with Crippen molar-refractivity contribution < 1.29 is 4.74 Å². The maximum atomic E-state index is 6.77. The molecule has 1 aromatic rings. The van der Waals surface area contributed by atoms with Crippen molar-refractivity contribution in [2.45, 2.75) is 0 Å². The molecule has 0 amide bonds. The van der Waals surface area contributed by atoms with Crippen molar-refractivity contribution >= 4 is 11.5 Å². The van der Waals surface area contributed by atoms with Crippen LogP contribution in [0.5, 0.6) is 5.75 Å². The van der Waals surface area contributed by atoms with E-state index in [1.165, 1.54) is 6.20 Å². The summed E-state index contributed by atoms with van der Waals surface area (Å²) in [5.74, 6) is 1.41. The molecule has 2 heterocycles. The summed E-state index contributed by atoms with van der Waals surface area (Å²) in [5, 5.41) is 3.07. The van der Waals surface area contributed by atoms with E-state index < -0.39 is 0 Å². The molecule has 0 unspecified atom stereocenters. The smallest absolute Gasteiger partial charge is 0.208 e. The first kappa shape index (κ1) is 6.92. The lowest BCUT2D eigenvalue weighted by molar-refractivity contribution is 0.321. The van der Waals surface area contributed by atoms with Crippen LogP contribution in [-0.2, 0) is 0 Å². The highest BCUT2D eigenvalue weighted by atomic mass is 16.5. The van der Waals surface area contributed by atoms with Gasteiger partial charge in [-0.2, -0.15) is 0 Å². The Kier molecular flexibility index (Phi) is 1.56. The largest absolute Gasteiger partial charge is 0.489 e. The molecule has 4 nitrogen and oxygen atoms in total. The number of pyridine rings is 1. The number of nitrogens with zero attached hydrogens (tertiary/aromatic N) is 2. The second-order valence-corrected chi connectivity index (χ2v) is 2.43. The highest BCUT2D eigenvalue weighted by Crippen LogP contribution is 2.28. The number of ether oxygens (including phenoxy) is 1. The van der Waals surface area contributed by atoms with Crippen molar-refractivity contribution in [1.29, 1.82) is 0 Å². The topological polar surface area (TPSA) is 38.5 Å². The summed E-state index contributed by atoms with van der Waals surface area (Å²) in [5.41, 5.74) is 0.512. The van der Waals surface area contributed by atoms with Gasteiger partial charge in [0.15, 0.2) is 11.6 Å². The van der Waals surface area contributed by atoms with Crippen LogP contribution in [0.25, 0.3) is 4.85 Å². The first-order valence-corrected chi connectivity index (χ1v) is 3.64. The van der Waals surface area contributed by atoms with Gasteiger partial charge in [-0.05, 0) is 6.07 Å². The molecule has 0 aromatic carbocycles. The molecule has 1 N–H and O–H groups in total. The highest BCUT2D eigenvalue weighted by Gasteiger charge is 2.10. The zero-order chi connectivity index (χ0) is 8.39. The van der Waals surface area contributed by atoms with Gasteiger partial charge < -0.3 is 10.1 Å². The van der Waals surface area contributed by atoms with Crippen molar-refractivity contribution in [2.24, 2.45) is 0 Å². The molecule has 0 aliphatic carbocycles. The third kappa shape index (κ3) is 1.05. The quantitative estimate of drug-likeness (QED) is 0.585. The van der Waals surface area contributed by atoms with Crippen LogP contribution in [0, 0.1) is 6.57 Å². The van der Waals surface area contributed by atoms with Gasteiger partial charge in [0, 0.05) is 6.20 Å². The molecule has 0 atom stereocenters. The van der Waals surface area contributed by atoms with Gasteiger partial charge in [0.2, 0.25) is 5.69 Å². The SMILES string of the molecule is [C-]#[N+]c1cnc2c(c1)OCCN2. The summed E-state index contributed by atoms with van der Waals surface area (Å²) in [6.07, 6.45) is 1.54. The summed E-state index contributed by atoms with van der Waals surface area (Å²) >= 11 is 0. The number of anilines is 1. The first-order valence-electron chi connectivity index (χ1n) is 3.64. The highest BCUT2D eigenvalue weighted by molar-refractivity contribution is 5.59. The van der Waals surface area contributed by atoms with Crippen LogP contribution in [-0.4, -0.2) is 18.1 Å². The van der Waals surface area contributed by atoms with Crippen molar-refractivity contribution in [2.75, 3.05) is 18.5 Å². The van der Waals surface area contributed by atoms with Gasteiger partial charge >= 0.3 is 0 Å². The van der Waals surface area contributed by atoms with Gasteiger partial charge in [0.1, 0.15) is 6.61 Å². The Bertz CT molecular complexity index is 343. The lowest BCUT2D eigenvalue weighted by Gasteiger charge is -2.17. The normalized spacial score (nSPS) is 13.6. The van der Waals surface area contributed by atoms with Crippen LogP contribution in [0.15, 0.2) is 12.3 Å². The van der Waals surface area contributed by atoms with E-state index in [9.17, 15) is 0 Å². The van der Waals surface area contributed by atoms with Crippen LogP contribution in [0.1, 0.15) is 0 Å². The Hall–Kier alpha value is -1.76. The molecular weight excluding hydrogens is 154 g/mol. The summed E-state index contributed by atoms with van der Waals surface area (Å²) in [6.45, 7) is 8.18. The zero-order valence-corrected chi connectivity index (χ0v) is 6.37. The van der Waals surface area contributed by atoms with Gasteiger partial charge in [-0.1, -0.05) is 0 Å². The minimum atomic E-state index is 0.512. The van der Waals surface area contributed by atoms with Crippen molar-refractivity contribution in [3.63, 3.8) is 0 Å². The Labute approximate surface area is 70.0 Å². The van der Waals surface area contributed by atoms with Gasteiger partial charge in [-0.3, -0.25) is 0 Å². The van der Waals surface area contributed by atoms with Crippen molar-refractivity contribution in [1.82, 2.24) is 4.98 Å². The lowest BCUT2D eigenvalue weighted by Crippen LogP contribution is -2.18. The molecule has 4 heteroatoms. The fourth-order valence-electron chi connectivity index (χ4n) is 1.07. The van der Waals surface area contributed by atoms with Crippen LogP contribution in [0.4, 0.5) is 11.5 Å². The fourth-order valence-corrected chi connectivity index (χ4v) is 1.07. The van der Waals surface area contributed by atoms with Gasteiger partial charge in [0.05, 0.1) is 13.1 Å². The van der Waals surface area contributed by atoms with E-state index in [1.54, 1.807) is 6.07 Å². The minimum absolute atomic E-state index is 0.512. The Morgan fingerprint density at radius 1 is 1.67 bits per heavy atom. The van der Waals surface area contributed by atoms with E-state index in [-0.39, 0.29) is 0 Å². The molecule has 0 fully saturated rings. The van der Waals surface area contributed by atoms with Gasteiger partial charge in [-0.25, -0.2) is 9.83 Å². The van der Waals surface area contributed by atoms with Gasteiger partial charge in [-0.15, -0.1) is 0 Å². The van der Waals surface area contributed by atoms with Crippen LogP contribution in [0.2, 0.25) is 0 Å². The predicted octanol–water partition coefficient (Wildman–Crippen LogP) is 1.44. The number of hydrogen-bond acceptors (Lipinski definition) is 3. The van der Waals surface area contributed by atoms with Crippen molar-refractivity contribution in [3.05, 3.63) is 23.7 Å². The maximum Gasteiger partial charge on any atom is 0.208 e. The number of rotatable bonds is 0. The first-order chi connectivity index (χ1) is 5.90. The Morgan fingerprint density at radius 2 is 2.58 bits per heavy atom. The predicted molar refractivity (Wildman–Crippen MR) is 44.5 cm³/mol. The van der Waals surface area contributed by atoms with E-state index in [4.69, 9.17) is 11.3 Å². The summed E-state index contributed by atoms with van der Waals surface area (Å²) < 4.78 is 5.30. The second-order valence-electron chi connectivity index (χ2n) is 2.43. The number of nitrogens with one attached hydrogen (secondary N) is 1. The van der Waals surface area contributed by atoms with E-state index in [0.29, 0.717) is 18.0 Å². The standard InChI is InChI=1S/C8H7N3O/c1-9-6-4-7-8(11-5-6)10-2-3-12-7/h4-5H,2-3H2,(H,10,11). The molecule has 0 radical (unpaired) electrons. The maximum absolute atomic E-state index is 6.77. The monoisotopic (exact) mass is 161 g/mol. The Balaban J connectivity index is 2.44. The second kappa shape index (κ2) is 2.70. The molecule has 0 spiro atoms. The van der Waals surface area contributed by atoms with E-state index in [0.717, 1.165) is 12.4 Å². The summed E-state index contributed by atoms with van der Waals surface area (Å²) in [6, 6.07) is 1.70. The zero-order valence-electron chi connectivity index (χ0n) is 6.37. The van der Waals surface area contributed by atoms with Crippen molar-refractivity contribution in [3.8, 4) is 5.75 Å². The number of hydrogen-bond donors (Lipinski definition) is 1. The summed E-state index contributed by atoms with van der Waals surface area (Å²) in [7, 11) is 0. The molecule has 2 rings (SSSR count). The molecule has 12 heavy (non-hydrogen) atoms. The molecule has 0 saturated heterocycles. The van der Waals surface area contributed by atoms with Crippen LogP contribution in [0.3, 0.4) is 0 Å². The molecule has 1 aliphatic heterocycles. The third-order valence-corrected chi connectivity index (χ3v) is 1.62. The average Bonchev–Trinajstić information content (AvgIpc) is 2.17. The van der Waals surface area contributed by atoms with E-state index in [1.807, 2.05) is 0 Å². The lowest BCUT2D eigenvalue weighted by atomic mass is 10.3. The Morgan fingerprint density at radius 3 is 3.42 bits per heavy atom. The third-order valence-electron chi connectivity index (χ3n) is 1.62. The average molecular weight is 161 g/mol. The molecule has 60 valence electrons. The van der Waals surface area contributed by atoms with E-state index >= 15 is 0 Å². The molecule has 1 aliphatic rings. The fraction of sp³-hybridized carbons (Fsp3) is 0.250. The van der Waals surface area contributed by atoms with Crippen LogP contribution < -0.4 is 10.1 Å². The molecule has 0 bridgehead atoms. The van der Waals surface area contributed by atoms with E-state index in [2.05, 4.69) is 15.1 Å². The van der Waals surface area contributed by atoms with Crippen LogP contribution >= 0.6 is 0 Å². The number of fused-ring (bicyclic) bond motifs is 1. The molecule has 0 saturated carbocycles. The minimum Gasteiger partial charge on any atom is -0.489 e. The molecule has 1 aromatic heterocycles. The van der Waals surface area contributed by atoms with Gasteiger partial charge in [0.25, 0.3) is 0 Å². The molecular formula is C8H7N3O.